The highest BCUT2D eigenvalue weighted by Crippen LogP contribution is 2.25. The normalized spacial score (nSPS) is 24.6. The minimum Gasteiger partial charge on any atom is -0.481 e. The molecule has 4 nitrogen and oxygen atoms in total. The maximum absolute atomic E-state index is 12.4. The summed E-state index contributed by atoms with van der Waals surface area (Å²) in [4.78, 5) is 23.8. The zero-order chi connectivity index (χ0) is 15.2. The minimum atomic E-state index is -0.787. The molecule has 1 saturated carbocycles. The van der Waals surface area contributed by atoms with Gasteiger partial charge in [-0.15, -0.1) is 0 Å². The Bertz CT molecular complexity index is 472. The number of amides is 1. The molecular formula is C16H23NO3S. The number of aliphatic carboxylic acids is 1. The Balaban J connectivity index is 2.02. The van der Waals surface area contributed by atoms with Crippen LogP contribution in [0.2, 0.25) is 0 Å². The van der Waals surface area contributed by atoms with Crippen molar-refractivity contribution in [1.82, 2.24) is 5.32 Å². The number of carboxylic acids is 1. The standard InChI is InChI=1S/C16H23NO3S/c1-11(12-8-9-21-10-12)15(18)17-14-7-5-3-2-4-6-13(14)16(19)20/h8-11,13-14H,2-7H2,1H3,(H,17,18)(H,19,20). The van der Waals surface area contributed by atoms with Crippen LogP contribution in [0.3, 0.4) is 0 Å². The second-order valence-electron chi connectivity index (χ2n) is 5.83. The van der Waals surface area contributed by atoms with Crippen molar-refractivity contribution in [3.63, 3.8) is 0 Å². The molecule has 3 atom stereocenters. The number of hydrogen-bond acceptors (Lipinski definition) is 3. The predicted octanol–water partition coefficient (Wildman–Crippen LogP) is 3.39. The maximum Gasteiger partial charge on any atom is 0.308 e. The summed E-state index contributed by atoms with van der Waals surface area (Å²) in [5, 5.41) is 16.3. The number of carbonyl (C=O) groups excluding carboxylic acids is 1. The summed E-state index contributed by atoms with van der Waals surface area (Å²) >= 11 is 1.57. The monoisotopic (exact) mass is 309 g/mol. The lowest BCUT2D eigenvalue weighted by atomic mass is 9.86. The summed E-state index contributed by atoms with van der Waals surface area (Å²) in [6, 6.07) is 1.71. The molecule has 2 N–H and O–H groups in total. The van der Waals surface area contributed by atoms with Crippen molar-refractivity contribution < 1.29 is 14.7 Å². The Morgan fingerprint density at radius 1 is 1.29 bits per heavy atom. The number of carboxylic acid groups (broad SMARTS) is 1. The van der Waals surface area contributed by atoms with Crippen LogP contribution in [0.1, 0.15) is 56.9 Å². The summed E-state index contributed by atoms with van der Waals surface area (Å²) in [5.74, 6) is -1.53. The van der Waals surface area contributed by atoms with Gasteiger partial charge in [0.1, 0.15) is 0 Å². The van der Waals surface area contributed by atoms with E-state index in [1.807, 2.05) is 23.8 Å². The third kappa shape index (κ3) is 4.30. The first-order chi connectivity index (χ1) is 10.1. The molecule has 0 aliphatic heterocycles. The van der Waals surface area contributed by atoms with E-state index in [4.69, 9.17) is 0 Å². The van der Waals surface area contributed by atoms with Crippen molar-refractivity contribution in [3.8, 4) is 0 Å². The van der Waals surface area contributed by atoms with Gasteiger partial charge in [-0.3, -0.25) is 9.59 Å². The first kappa shape index (κ1) is 16.0. The third-order valence-corrected chi connectivity index (χ3v) is 5.05. The molecule has 1 heterocycles. The Morgan fingerprint density at radius 2 is 2.00 bits per heavy atom. The van der Waals surface area contributed by atoms with E-state index in [-0.39, 0.29) is 17.9 Å². The van der Waals surface area contributed by atoms with Gasteiger partial charge in [0.25, 0.3) is 0 Å². The summed E-state index contributed by atoms with van der Waals surface area (Å²) in [5.41, 5.74) is 0.996. The largest absolute Gasteiger partial charge is 0.481 e. The van der Waals surface area contributed by atoms with Gasteiger partial charge in [-0.2, -0.15) is 11.3 Å². The summed E-state index contributed by atoms with van der Waals surface area (Å²) < 4.78 is 0. The van der Waals surface area contributed by atoms with Crippen molar-refractivity contribution in [3.05, 3.63) is 22.4 Å². The van der Waals surface area contributed by atoms with Crippen LogP contribution in [0, 0.1) is 5.92 Å². The topological polar surface area (TPSA) is 66.4 Å². The van der Waals surface area contributed by atoms with Gasteiger partial charge in [0.15, 0.2) is 0 Å². The zero-order valence-corrected chi connectivity index (χ0v) is 13.2. The molecule has 3 unspecified atom stereocenters. The van der Waals surface area contributed by atoms with Crippen LogP contribution in [0.25, 0.3) is 0 Å². The number of hydrogen-bond donors (Lipinski definition) is 2. The number of thiophene rings is 1. The predicted molar refractivity (Wildman–Crippen MR) is 83.5 cm³/mol. The molecule has 1 amide bonds. The van der Waals surface area contributed by atoms with Crippen molar-refractivity contribution in [2.24, 2.45) is 5.92 Å². The highest BCUT2D eigenvalue weighted by atomic mass is 32.1. The van der Waals surface area contributed by atoms with Gasteiger partial charge in [-0.05, 0) is 42.2 Å². The average Bonchev–Trinajstić information content (AvgIpc) is 2.94. The molecule has 0 saturated heterocycles. The van der Waals surface area contributed by atoms with E-state index < -0.39 is 11.9 Å². The molecule has 116 valence electrons. The number of nitrogens with one attached hydrogen (secondary N) is 1. The van der Waals surface area contributed by atoms with Crippen LogP contribution < -0.4 is 5.32 Å². The molecule has 1 aliphatic carbocycles. The highest BCUT2D eigenvalue weighted by Gasteiger charge is 2.31. The van der Waals surface area contributed by atoms with E-state index in [0.29, 0.717) is 6.42 Å². The molecule has 21 heavy (non-hydrogen) atoms. The van der Waals surface area contributed by atoms with Crippen molar-refractivity contribution in [2.75, 3.05) is 0 Å². The van der Waals surface area contributed by atoms with E-state index in [2.05, 4.69) is 5.32 Å². The van der Waals surface area contributed by atoms with E-state index in [1.54, 1.807) is 11.3 Å². The molecule has 2 rings (SSSR count). The quantitative estimate of drug-likeness (QED) is 0.896. The van der Waals surface area contributed by atoms with Gasteiger partial charge in [-0.25, -0.2) is 0 Å². The molecular weight excluding hydrogens is 286 g/mol. The van der Waals surface area contributed by atoms with Crippen LogP contribution >= 0.6 is 11.3 Å². The fraction of sp³-hybridized carbons (Fsp3) is 0.625. The number of carbonyl (C=O) groups is 2. The molecule has 0 aromatic carbocycles. The van der Waals surface area contributed by atoms with Gasteiger partial charge < -0.3 is 10.4 Å². The lowest BCUT2D eigenvalue weighted by molar-refractivity contribution is -0.143. The van der Waals surface area contributed by atoms with Crippen molar-refractivity contribution in [1.29, 1.82) is 0 Å². The van der Waals surface area contributed by atoms with Crippen LogP contribution in [0.15, 0.2) is 16.8 Å². The smallest absolute Gasteiger partial charge is 0.308 e. The zero-order valence-electron chi connectivity index (χ0n) is 12.4. The van der Waals surface area contributed by atoms with Gasteiger partial charge in [0.2, 0.25) is 5.91 Å². The molecule has 0 bridgehead atoms. The maximum atomic E-state index is 12.4. The molecule has 1 aliphatic rings. The van der Waals surface area contributed by atoms with Crippen molar-refractivity contribution in [2.45, 2.75) is 57.4 Å². The first-order valence-corrected chi connectivity index (χ1v) is 8.59. The fourth-order valence-electron chi connectivity index (χ4n) is 2.93. The molecule has 0 radical (unpaired) electrons. The Hall–Kier alpha value is -1.36. The molecule has 0 spiro atoms. The van der Waals surface area contributed by atoms with E-state index in [0.717, 1.165) is 37.7 Å². The van der Waals surface area contributed by atoms with Gasteiger partial charge in [-0.1, -0.05) is 25.7 Å². The molecule has 1 aromatic heterocycles. The molecule has 1 fully saturated rings. The lowest BCUT2D eigenvalue weighted by Crippen LogP contribution is -2.45. The first-order valence-electron chi connectivity index (χ1n) is 7.65. The second-order valence-corrected chi connectivity index (χ2v) is 6.61. The minimum absolute atomic E-state index is 0.0646. The second kappa shape index (κ2) is 7.59. The SMILES string of the molecule is CC(C(=O)NC1CCCCCCC1C(=O)O)c1ccsc1. The van der Waals surface area contributed by atoms with Crippen LogP contribution in [-0.2, 0) is 9.59 Å². The third-order valence-electron chi connectivity index (χ3n) is 4.35. The molecule has 1 aromatic rings. The van der Waals surface area contributed by atoms with Gasteiger partial charge in [0, 0.05) is 6.04 Å². The summed E-state index contributed by atoms with van der Waals surface area (Å²) in [6.07, 6.45) is 5.56. The van der Waals surface area contributed by atoms with E-state index in [9.17, 15) is 14.7 Å². The highest BCUT2D eigenvalue weighted by molar-refractivity contribution is 7.08. The summed E-state index contributed by atoms with van der Waals surface area (Å²) in [7, 11) is 0. The lowest BCUT2D eigenvalue weighted by Gasteiger charge is -2.28. The Labute approximate surface area is 129 Å². The van der Waals surface area contributed by atoms with Gasteiger partial charge in [0.05, 0.1) is 11.8 Å². The number of rotatable bonds is 4. The van der Waals surface area contributed by atoms with Crippen LogP contribution in [0.4, 0.5) is 0 Å². The van der Waals surface area contributed by atoms with Crippen molar-refractivity contribution >= 4 is 23.2 Å². The Morgan fingerprint density at radius 3 is 2.62 bits per heavy atom. The summed E-state index contributed by atoms with van der Waals surface area (Å²) in [6.45, 7) is 1.87. The fourth-order valence-corrected chi connectivity index (χ4v) is 3.69. The van der Waals surface area contributed by atoms with Gasteiger partial charge >= 0.3 is 5.97 Å². The van der Waals surface area contributed by atoms with E-state index in [1.165, 1.54) is 0 Å². The van der Waals surface area contributed by atoms with Crippen LogP contribution in [-0.4, -0.2) is 23.0 Å². The average molecular weight is 309 g/mol. The molecule has 5 heteroatoms. The van der Waals surface area contributed by atoms with Crippen LogP contribution in [0.5, 0.6) is 0 Å². The van der Waals surface area contributed by atoms with E-state index >= 15 is 0 Å². The Kier molecular flexibility index (Phi) is 5.79.